The normalized spacial score (nSPS) is 22.2. The van der Waals surface area contributed by atoms with E-state index in [2.05, 4.69) is 25.2 Å². The van der Waals surface area contributed by atoms with E-state index in [4.69, 9.17) is 16.6 Å². The van der Waals surface area contributed by atoms with Crippen LogP contribution in [0, 0.1) is 5.82 Å². The molecule has 3 N–H and O–H groups in total. The monoisotopic (exact) mass is 444 g/mol. The second-order valence-corrected chi connectivity index (χ2v) is 8.92. The van der Waals surface area contributed by atoms with Crippen molar-refractivity contribution in [2.75, 3.05) is 10.6 Å². The third kappa shape index (κ3) is 4.19. The molecule has 2 heterocycles. The topological polar surface area (TPSA) is 87.9 Å². The van der Waals surface area contributed by atoms with Crippen LogP contribution in [0.3, 0.4) is 0 Å². The summed E-state index contributed by atoms with van der Waals surface area (Å²) in [6.45, 7) is 0. The molecule has 0 unspecified atom stereocenters. The minimum Gasteiger partial charge on any atom is -0.393 e. The van der Waals surface area contributed by atoms with E-state index in [-0.39, 0.29) is 23.9 Å². The van der Waals surface area contributed by atoms with Crippen molar-refractivity contribution in [2.45, 2.75) is 69.6 Å². The van der Waals surface area contributed by atoms with Crippen LogP contribution in [0.15, 0.2) is 24.4 Å². The largest absolute Gasteiger partial charge is 0.393 e. The lowest BCUT2D eigenvalue weighted by atomic mass is 9.93. The first kappa shape index (κ1) is 20.5. The van der Waals surface area contributed by atoms with Gasteiger partial charge < -0.3 is 15.7 Å². The number of halogens is 2. The lowest BCUT2D eigenvalue weighted by Crippen LogP contribution is -2.29. The second-order valence-electron chi connectivity index (χ2n) is 8.52. The summed E-state index contributed by atoms with van der Waals surface area (Å²) in [5.74, 6) is 0.662. The summed E-state index contributed by atoms with van der Waals surface area (Å²) in [7, 11) is 0. The molecule has 0 atom stereocenters. The molecule has 0 saturated heterocycles. The maximum Gasteiger partial charge on any atom is 0.224 e. The van der Waals surface area contributed by atoms with Gasteiger partial charge in [-0.05, 0) is 50.7 Å². The Labute approximate surface area is 185 Å². The lowest BCUT2D eigenvalue weighted by Gasteiger charge is -2.26. The van der Waals surface area contributed by atoms with Crippen LogP contribution in [0.4, 0.5) is 22.0 Å². The average Bonchev–Trinajstić information content (AvgIpc) is 3.39. The number of aliphatic hydroxyl groups excluding tert-OH is 1. The minimum absolute atomic E-state index is 0.205. The molecule has 1 aromatic carbocycles. The Hall–Kier alpha value is -2.45. The van der Waals surface area contributed by atoms with Crippen molar-refractivity contribution in [3.8, 4) is 0 Å². The van der Waals surface area contributed by atoms with E-state index in [1.165, 1.54) is 6.07 Å². The first-order chi connectivity index (χ1) is 15.1. The number of para-hydroxylation sites is 1. The van der Waals surface area contributed by atoms with Crippen LogP contribution in [0.2, 0.25) is 5.02 Å². The summed E-state index contributed by atoms with van der Waals surface area (Å²) < 4.78 is 16.5. The summed E-state index contributed by atoms with van der Waals surface area (Å²) in [6, 6.07) is 5.10. The van der Waals surface area contributed by atoms with Gasteiger partial charge in [0, 0.05) is 12.1 Å². The molecule has 164 valence electrons. The predicted octanol–water partition coefficient (Wildman–Crippen LogP) is 5.19. The number of anilines is 3. The van der Waals surface area contributed by atoms with E-state index >= 15 is 0 Å². The first-order valence-corrected chi connectivity index (χ1v) is 11.4. The fourth-order valence-electron chi connectivity index (χ4n) is 4.69. The van der Waals surface area contributed by atoms with Crippen LogP contribution >= 0.6 is 11.6 Å². The van der Waals surface area contributed by atoms with E-state index in [1.54, 1.807) is 18.3 Å². The molecule has 5 rings (SSSR count). The molecule has 9 heteroatoms. The van der Waals surface area contributed by atoms with Crippen molar-refractivity contribution in [2.24, 2.45) is 0 Å². The fraction of sp³-hybridized carbons (Fsp3) is 0.500. The average molecular weight is 445 g/mol. The molecule has 3 aromatic rings. The van der Waals surface area contributed by atoms with Gasteiger partial charge >= 0.3 is 0 Å². The predicted molar refractivity (Wildman–Crippen MR) is 119 cm³/mol. The van der Waals surface area contributed by atoms with Gasteiger partial charge in [0.25, 0.3) is 0 Å². The zero-order valence-electron chi connectivity index (χ0n) is 17.2. The zero-order chi connectivity index (χ0) is 21.4. The number of nitrogens with zero attached hydrogens (tertiary/aromatic N) is 4. The van der Waals surface area contributed by atoms with E-state index in [0.717, 1.165) is 57.0 Å². The van der Waals surface area contributed by atoms with E-state index in [1.807, 2.05) is 0 Å². The van der Waals surface area contributed by atoms with Gasteiger partial charge in [0.15, 0.2) is 5.65 Å². The highest BCUT2D eigenvalue weighted by Crippen LogP contribution is 2.37. The summed E-state index contributed by atoms with van der Waals surface area (Å²) >= 11 is 6.24. The summed E-state index contributed by atoms with van der Waals surface area (Å²) in [5.41, 5.74) is 1.60. The molecule has 0 bridgehead atoms. The smallest absolute Gasteiger partial charge is 0.224 e. The van der Waals surface area contributed by atoms with Crippen molar-refractivity contribution >= 4 is 40.3 Å². The molecule has 2 aliphatic carbocycles. The summed E-state index contributed by atoms with van der Waals surface area (Å²) in [6.07, 6.45) is 9.21. The summed E-state index contributed by atoms with van der Waals surface area (Å²) in [4.78, 5) is 13.9. The molecule has 0 aliphatic heterocycles. The van der Waals surface area contributed by atoms with Gasteiger partial charge in [-0.1, -0.05) is 30.5 Å². The Morgan fingerprint density at radius 1 is 1.06 bits per heavy atom. The van der Waals surface area contributed by atoms with Crippen molar-refractivity contribution in [1.82, 2.24) is 19.5 Å². The molecule has 2 saturated carbocycles. The maximum atomic E-state index is 14.4. The van der Waals surface area contributed by atoms with Crippen molar-refractivity contribution in [3.05, 3.63) is 35.2 Å². The standard InChI is InChI=1S/C22H26ClFN6O/c23-16-6-3-7-17(24)19(16)28-22-27-18-12-25-21(26-13-8-10-15(31)11-9-13)29-20(18)30(22)14-4-1-2-5-14/h3,6-7,12-15,31H,1-2,4-5,8-11H2,(H,27,28)(H,25,26,29). The highest BCUT2D eigenvalue weighted by Gasteiger charge is 2.26. The second kappa shape index (κ2) is 8.59. The van der Waals surface area contributed by atoms with Gasteiger partial charge in [0.05, 0.1) is 23.0 Å². The van der Waals surface area contributed by atoms with Gasteiger partial charge in [-0.15, -0.1) is 0 Å². The number of aromatic nitrogens is 4. The van der Waals surface area contributed by atoms with Crippen LogP contribution in [-0.2, 0) is 0 Å². The Bertz CT molecular complexity index is 1060. The number of rotatable bonds is 5. The number of hydrogen-bond donors (Lipinski definition) is 3. The molecule has 2 aromatic heterocycles. The molecule has 0 radical (unpaired) electrons. The molecule has 0 amide bonds. The number of imidazole rings is 1. The highest BCUT2D eigenvalue weighted by molar-refractivity contribution is 6.33. The lowest BCUT2D eigenvalue weighted by molar-refractivity contribution is 0.126. The van der Waals surface area contributed by atoms with Crippen LogP contribution < -0.4 is 10.6 Å². The van der Waals surface area contributed by atoms with Gasteiger partial charge in [-0.3, -0.25) is 4.57 Å². The van der Waals surface area contributed by atoms with E-state index in [0.29, 0.717) is 22.4 Å². The van der Waals surface area contributed by atoms with Gasteiger partial charge in [-0.25, -0.2) is 14.4 Å². The van der Waals surface area contributed by atoms with E-state index in [9.17, 15) is 9.50 Å². The third-order valence-electron chi connectivity index (χ3n) is 6.35. The molecule has 7 nitrogen and oxygen atoms in total. The number of hydrogen-bond acceptors (Lipinski definition) is 6. The number of fused-ring (bicyclic) bond motifs is 1. The summed E-state index contributed by atoms with van der Waals surface area (Å²) in [5, 5.41) is 16.6. The SMILES string of the molecule is OC1CCC(Nc2ncc3nc(Nc4c(F)cccc4Cl)n(C4CCCC4)c3n2)CC1. The Balaban J connectivity index is 1.50. The van der Waals surface area contributed by atoms with Crippen molar-refractivity contribution in [1.29, 1.82) is 0 Å². The molecular weight excluding hydrogens is 419 g/mol. The Morgan fingerprint density at radius 3 is 2.58 bits per heavy atom. The Morgan fingerprint density at radius 2 is 1.84 bits per heavy atom. The number of nitrogens with one attached hydrogen (secondary N) is 2. The number of aliphatic hydroxyl groups is 1. The van der Waals surface area contributed by atoms with Crippen LogP contribution in [0.25, 0.3) is 11.2 Å². The van der Waals surface area contributed by atoms with E-state index < -0.39 is 5.82 Å². The molecule has 31 heavy (non-hydrogen) atoms. The zero-order valence-corrected chi connectivity index (χ0v) is 17.9. The van der Waals surface area contributed by atoms with Gasteiger partial charge in [0.2, 0.25) is 11.9 Å². The Kier molecular flexibility index (Phi) is 5.67. The molecular formula is C22H26ClFN6O. The minimum atomic E-state index is -0.426. The molecule has 2 fully saturated rings. The first-order valence-electron chi connectivity index (χ1n) is 11.0. The third-order valence-corrected chi connectivity index (χ3v) is 6.67. The van der Waals surface area contributed by atoms with Crippen LogP contribution in [0.1, 0.15) is 57.4 Å². The molecule has 2 aliphatic rings. The van der Waals surface area contributed by atoms with Crippen LogP contribution in [0.5, 0.6) is 0 Å². The highest BCUT2D eigenvalue weighted by atomic mass is 35.5. The quantitative estimate of drug-likeness (QED) is 0.501. The van der Waals surface area contributed by atoms with Gasteiger partial charge in [-0.2, -0.15) is 4.98 Å². The fourth-order valence-corrected chi connectivity index (χ4v) is 4.90. The van der Waals surface area contributed by atoms with Crippen molar-refractivity contribution in [3.63, 3.8) is 0 Å². The van der Waals surface area contributed by atoms with Crippen LogP contribution in [-0.4, -0.2) is 36.8 Å². The van der Waals surface area contributed by atoms with Gasteiger partial charge in [0.1, 0.15) is 11.3 Å². The molecule has 0 spiro atoms. The van der Waals surface area contributed by atoms with Crippen molar-refractivity contribution < 1.29 is 9.50 Å². The number of benzene rings is 1. The maximum absolute atomic E-state index is 14.4.